The minimum absolute atomic E-state index is 0.0919. The van der Waals surface area contributed by atoms with Gasteiger partial charge in [-0.2, -0.15) is 0 Å². The topological polar surface area (TPSA) is 78.7 Å². The molecular formula is C22H27ClN4O4. The number of nitrogens with zero attached hydrogens (tertiary/aromatic N) is 4. The molecule has 2 aliphatic rings. The summed E-state index contributed by atoms with van der Waals surface area (Å²) in [6.45, 7) is 7.02. The summed E-state index contributed by atoms with van der Waals surface area (Å²) in [7, 11) is 0. The molecule has 1 aromatic carbocycles. The fourth-order valence-corrected chi connectivity index (χ4v) is 3.78. The van der Waals surface area contributed by atoms with Crippen LogP contribution in [0.2, 0.25) is 5.02 Å². The molecule has 0 radical (unpaired) electrons. The Bertz CT molecular complexity index is 976. The fourth-order valence-electron chi connectivity index (χ4n) is 3.54. The zero-order valence-electron chi connectivity index (χ0n) is 18.0. The van der Waals surface area contributed by atoms with E-state index in [2.05, 4.69) is 10.1 Å². The Labute approximate surface area is 186 Å². The second kappa shape index (κ2) is 8.88. The van der Waals surface area contributed by atoms with Crippen LogP contribution in [0.25, 0.3) is 17.1 Å². The largest absolute Gasteiger partial charge is 0.497 e. The normalized spacial score (nSPS) is 19.5. The monoisotopic (exact) mass is 446 g/mol. The molecule has 1 fully saturated rings. The maximum Gasteiger partial charge on any atom is 0.415 e. The molecule has 0 saturated carbocycles. The van der Waals surface area contributed by atoms with E-state index in [0.717, 1.165) is 37.0 Å². The first-order chi connectivity index (χ1) is 14.8. The summed E-state index contributed by atoms with van der Waals surface area (Å²) in [6.07, 6.45) is 5.81. The lowest BCUT2D eigenvalue weighted by molar-refractivity contribution is -0.0395. The Balaban J connectivity index is 1.62. The van der Waals surface area contributed by atoms with Crippen LogP contribution in [0.1, 0.15) is 51.8 Å². The van der Waals surface area contributed by atoms with E-state index in [0.29, 0.717) is 29.7 Å². The summed E-state index contributed by atoms with van der Waals surface area (Å²) in [6, 6.07) is 5.48. The van der Waals surface area contributed by atoms with E-state index in [-0.39, 0.29) is 6.23 Å². The molecule has 8 nitrogen and oxygen atoms in total. The highest BCUT2D eigenvalue weighted by Crippen LogP contribution is 2.31. The first-order valence-electron chi connectivity index (χ1n) is 10.5. The van der Waals surface area contributed by atoms with E-state index < -0.39 is 11.7 Å². The van der Waals surface area contributed by atoms with Crippen LogP contribution in [0.3, 0.4) is 0 Å². The zero-order valence-corrected chi connectivity index (χ0v) is 18.8. The van der Waals surface area contributed by atoms with Gasteiger partial charge in [-0.3, -0.25) is 4.90 Å². The zero-order chi connectivity index (χ0) is 22.0. The molecule has 1 amide bonds. The highest BCUT2D eigenvalue weighted by atomic mass is 35.5. The molecule has 2 aliphatic heterocycles. The molecule has 0 bridgehead atoms. The van der Waals surface area contributed by atoms with Crippen LogP contribution in [0, 0.1) is 0 Å². The lowest BCUT2D eigenvalue weighted by Gasteiger charge is -2.31. The Hall–Kier alpha value is -2.58. The number of hydrogen-bond acceptors (Lipinski definition) is 6. The third-order valence-electron chi connectivity index (χ3n) is 4.94. The number of amides is 1. The standard InChI is InChI=1S/C22H27ClN4O4/c1-22(2,3)31-21(28)26-7-9-29-13-18(26)15-10-16(12-17(23)11-15)20-24-14-27(25-20)19-6-4-5-8-30-19/h10-14,19H,4-9H2,1-3H3. The van der Waals surface area contributed by atoms with Gasteiger partial charge in [0.15, 0.2) is 12.1 Å². The molecule has 1 saturated heterocycles. The molecular weight excluding hydrogens is 420 g/mol. The van der Waals surface area contributed by atoms with Gasteiger partial charge in [-0.25, -0.2) is 14.5 Å². The number of hydrogen-bond donors (Lipinski definition) is 0. The summed E-state index contributed by atoms with van der Waals surface area (Å²) in [5.74, 6) is 0.541. The number of benzene rings is 1. The molecule has 4 rings (SSSR count). The number of rotatable bonds is 3. The lowest BCUT2D eigenvalue weighted by atomic mass is 10.1. The molecule has 2 aromatic rings. The summed E-state index contributed by atoms with van der Waals surface area (Å²) in [5, 5.41) is 5.11. The smallest absolute Gasteiger partial charge is 0.415 e. The Morgan fingerprint density at radius 3 is 2.74 bits per heavy atom. The molecule has 0 spiro atoms. The molecule has 1 unspecified atom stereocenters. The Kier molecular flexibility index (Phi) is 6.20. The van der Waals surface area contributed by atoms with Crippen molar-refractivity contribution in [3.05, 3.63) is 41.4 Å². The molecule has 31 heavy (non-hydrogen) atoms. The van der Waals surface area contributed by atoms with E-state index in [9.17, 15) is 4.79 Å². The Morgan fingerprint density at radius 1 is 1.19 bits per heavy atom. The van der Waals surface area contributed by atoms with Gasteiger partial charge in [-0.15, -0.1) is 5.10 Å². The van der Waals surface area contributed by atoms with Crippen molar-refractivity contribution in [2.45, 2.75) is 51.9 Å². The van der Waals surface area contributed by atoms with Crippen molar-refractivity contribution < 1.29 is 19.0 Å². The van der Waals surface area contributed by atoms with Crippen molar-refractivity contribution in [2.24, 2.45) is 0 Å². The van der Waals surface area contributed by atoms with Crippen LogP contribution in [0.15, 0.2) is 30.8 Å². The van der Waals surface area contributed by atoms with Crippen molar-refractivity contribution in [1.82, 2.24) is 19.7 Å². The molecule has 0 N–H and O–H groups in total. The summed E-state index contributed by atoms with van der Waals surface area (Å²) in [4.78, 5) is 18.8. The van der Waals surface area contributed by atoms with E-state index in [1.807, 2.05) is 26.8 Å². The van der Waals surface area contributed by atoms with Crippen molar-refractivity contribution >= 4 is 23.4 Å². The quantitative estimate of drug-likeness (QED) is 0.669. The molecule has 1 atom stereocenters. The summed E-state index contributed by atoms with van der Waals surface area (Å²) < 4.78 is 18.6. The summed E-state index contributed by atoms with van der Waals surface area (Å²) in [5.41, 5.74) is 1.45. The fraction of sp³-hybridized carbons (Fsp3) is 0.500. The first kappa shape index (κ1) is 21.6. The first-order valence-corrected chi connectivity index (χ1v) is 10.8. The minimum atomic E-state index is -0.599. The number of ether oxygens (including phenoxy) is 3. The molecule has 3 heterocycles. The SMILES string of the molecule is CC(C)(C)OC(=O)N1CCOC=C1c1cc(Cl)cc(-c2ncn(C3CCCCO3)n2)c1. The van der Waals surface area contributed by atoms with Crippen molar-refractivity contribution in [1.29, 1.82) is 0 Å². The number of carbonyl (C=O) groups is 1. The highest BCUT2D eigenvalue weighted by molar-refractivity contribution is 6.31. The number of aromatic nitrogens is 3. The van der Waals surface area contributed by atoms with E-state index in [1.165, 1.54) is 0 Å². The van der Waals surface area contributed by atoms with E-state index in [4.69, 9.17) is 25.8 Å². The lowest BCUT2D eigenvalue weighted by Crippen LogP contribution is -2.39. The van der Waals surface area contributed by atoms with Crippen molar-refractivity contribution in [3.63, 3.8) is 0 Å². The van der Waals surface area contributed by atoms with Crippen LogP contribution >= 0.6 is 11.6 Å². The van der Waals surface area contributed by atoms with Gasteiger partial charge in [0.1, 0.15) is 24.8 Å². The molecule has 166 valence electrons. The second-order valence-electron chi connectivity index (χ2n) is 8.60. The van der Waals surface area contributed by atoms with Gasteiger partial charge in [-0.1, -0.05) is 11.6 Å². The van der Waals surface area contributed by atoms with Crippen LogP contribution in [0.5, 0.6) is 0 Å². The minimum Gasteiger partial charge on any atom is -0.497 e. The van der Waals surface area contributed by atoms with Gasteiger partial charge in [0.05, 0.1) is 12.2 Å². The van der Waals surface area contributed by atoms with E-state index in [1.54, 1.807) is 34.3 Å². The predicted octanol–water partition coefficient (Wildman–Crippen LogP) is 4.86. The predicted molar refractivity (Wildman–Crippen MR) is 116 cm³/mol. The third kappa shape index (κ3) is 5.19. The average Bonchev–Trinajstić information content (AvgIpc) is 3.23. The van der Waals surface area contributed by atoms with Crippen LogP contribution < -0.4 is 0 Å². The maximum absolute atomic E-state index is 12.7. The van der Waals surface area contributed by atoms with Gasteiger partial charge >= 0.3 is 6.09 Å². The third-order valence-corrected chi connectivity index (χ3v) is 5.16. The van der Waals surface area contributed by atoms with Gasteiger partial charge in [-0.05, 0) is 58.2 Å². The van der Waals surface area contributed by atoms with Gasteiger partial charge < -0.3 is 14.2 Å². The molecule has 0 aliphatic carbocycles. The van der Waals surface area contributed by atoms with Crippen LogP contribution in [0.4, 0.5) is 4.79 Å². The van der Waals surface area contributed by atoms with Gasteiger partial charge in [0, 0.05) is 22.8 Å². The second-order valence-corrected chi connectivity index (χ2v) is 9.04. The molecule has 1 aromatic heterocycles. The van der Waals surface area contributed by atoms with Crippen molar-refractivity contribution in [3.8, 4) is 11.4 Å². The van der Waals surface area contributed by atoms with Gasteiger partial charge in [0.2, 0.25) is 0 Å². The average molecular weight is 447 g/mol. The van der Waals surface area contributed by atoms with Crippen LogP contribution in [-0.2, 0) is 14.2 Å². The Morgan fingerprint density at radius 2 is 2.00 bits per heavy atom. The highest BCUT2D eigenvalue weighted by Gasteiger charge is 2.28. The summed E-state index contributed by atoms with van der Waals surface area (Å²) >= 11 is 6.42. The number of halogens is 1. The van der Waals surface area contributed by atoms with Gasteiger partial charge in [0.25, 0.3) is 0 Å². The van der Waals surface area contributed by atoms with Crippen molar-refractivity contribution in [2.75, 3.05) is 19.8 Å². The molecule has 9 heteroatoms. The maximum atomic E-state index is 12.7. The van der Waals surface area contributed by atoms with E-state index >= 15 is 0 Å². The number of carbonyl (C=O) groups excluding carboxylic acids is 1. The van der Waals surface area contributed by atoms with Crippen LogP contribution in [-0.4, -0.2) is 51.1 Å².